The second-order valence-electron chi connectivity index (χ2n) is 19.4. The zero-order chi connectivity index (χ0) is 40.1. The quantitative estimate of drug-likeness (QED) is 0.162. The van der Waals surface area contributed by atoms with Gasteiger partial charge in [0.1, 0.15) is 24.9 Å². The Hall–Kier alpha value is -1.27. The van der Waals surface area contributed by atoms with Crippen LogP contribution in [0.1, 0.15) is 112 Å². The number of cyclic esters (lactones) is 1. The molecular weight excluding hydrogens is 728 g/mol. The maximum atomic E-state index is 12.7. The Labute approximate surface area is 330 Å². The summed E-state index contributed by atoms with van der Waals surface area (Å²) in [6.07, 6.45) is -1.43. The molecule has 0 aromatic carbocycles. The summed E-state index contributed by atoms with van der Waals surface area (Å²) in [6.45, 7) is 12.0. The standard InChI is InChI=1S/C42H66O14/c1-20-36(48)28(43)15-34(51-20)55-38-22(3)53-35(17-30(38)45)56-37-21(2)52-33(16-29(37)44)54-25-9-11-39(4)23(13-25)7-8-27-26(39)10-12-40(5)41(6,24-14-32(47)50-19-24)31(46)18-42(27,40)49/h14,20-23,25-31,33-38,43-46,48-49H,7-13,15-19H2,1-6H3/t20-,21-,22-,23-,25+,26+,27-,28+,29+,30+,31+,33+,34+,35+,36-,37-,38-,39+,40-,41+,42+/m1/s1. The largest absolute Gasteiger partial charge is 0.458 e. The summed E-state index contributed by atoms with van der Waals surface area (Å²) < 4.78 is 42.2. The summed E-state index contributed by atoms with van der Waals surface area (Å²) >= 11 is 0. The van der Waals surface area contributed by atoms with Crippen LogP contribution in [-0.4, -0.2) is 135 Å². The van der Waals surface area contributed by atoms with Crippen molar-refractivity contribution in [2.24, 2.45) is 34.0 Å². The van der Waals surface area contributed by atoms with Gasteiger partial charge >= 0.3 is 5.97 Å². The van der Waals surface area contributed by atoms with Gasteiger partial charge in [-0.1, -0.05) is 20.8 Å². The highest BCUT2D eigenvalue weighted by Crippen LogP contribution is 2.73. The molecule has 8 aliphatic rings. The molecule has 0 spiro atoms. The van der Waals surface area contributed by atoms with Gasteiger partial charge in [0.25, 0.3) is 0 Å². The normalized spacial score (nSPS) is 56.1. The average Bonchev–Trinajstić information content (AvgIpc) is 3.64. The minimum Gasteiger partial charge on any atom is -0.458 e. The zero-order valence-corrected chi connectivity index (χ0v) is 33.8. The van der Waals surface area contributed by atoms with Crippen LogP contribution >= 0.6 is 0 Å². The number of esters is 1. The van der Waals surface area contributed by atoms with Crippen LogP contribution in [0.4, 0.5) is 0 Å². The molecule has 0 amide bonds. The van der Waals surface area contributed by atoms with E-state index in [2.05, 4.69) is 13.8 Å². The molecule has 4 aliphatic heterocycles. The van der Waals surface area contributed by atoms with E-state index in [0.717, 1.165) is 50.5 Å². The molecule has 0 aromatic heterocycles. The van der Waals surface area contributed by atoms with Gasteiger partial charge in [-0.3, -0.25) is 0 Å². The first kappa shape index (κ1) is 41.5. The molecule has 56 heavy (non-hydrogen) atoms. The molecule has 3 saturated heterocycles. The molecule has 4 heterocycles. The zero-order valence-electron chi connectivity index (χ0n) is 33.8. The number of aliphatic hydroxyl groups is 6. The van der Waals surface area contributed by atoms with Gasteiger partial charge in [-0.25, -0.2) is 4.79 Å². The van der Waals surface area contributed by atoms with Gasteiger partial charge in [0.05, 0.1) is 54.4 Å². The molecule has 21 atom stereocenters. The third-order valence-electron chi connectivity index (χ3n) is 16.7. The fraction of sp³-hybridized carbons (Fsp3) is 0.929. The van der Waals surface area contributed by atoms with Crippen molar-refractivity contribution in [2.45, 2.75) is 204 Å². The van der Waals surface area contributed by atoms with Gasteiger partial charge in [-0.05, 0) is 94.5 Å². The molecule has 0 unspecified atom stereocenters. The number of ether oxygens (including phenoxy) is 7. The van der Waals surface area contributed by atoms with Crippen LogP contribution in [0, 0.1) is 34.0 Å². The number of aliphatic hydroxyl groups excluding tert-OH is 5. The number of hydrogen-bond donors (Lipinski definition) is 6. The van der Waals surface area contributed by atoms with Gasteiger partial charge in [0, 0.05) is 42.6 Å². The topological polar surface area (TPSA) is 203 Å². The van der Waals surface area contributed by atoms with Crippen LogP contribution < -0.4 is 0 Å². The van der Waals surface area contributed by atoms with Crippen LogP contribution in [0.2, 0.25) is 0 Å². The van der Waals surface area contributed by atoms with Crippen molar-refractivity contribution in [2.75, 3.05) is 6.61 Å². The van der Waals surface area contributed by atoms with Crippen LogP contribution in [-0.2, 0) is 38.0 Å². The Bertz CT molecular complexity index is 1460. The van der Waals surface area contributed by atoms with E-state index in [1.165, 1.54) is 6.08 Å². The minimum absolute atomic E-state index is 0.0198. The van der Waals surface area contributed by atoms with E-state index in [9.17, 15) is 35.4 Å². The third kappa shape index (κ3) is 6.64. The molecule has 6 N–H and O–H groups in total. The first-order valence-electron chi connectivity index (χ1n) is 21.3. The lowest BCUT2D eigenvalue weighted by molar-refractivity contribution is -0.336. The SMILES string of the molecule is C[C@H]1O[C@@H](O[C@H]2[C@@H](O)C[C@H](O[C@H]3[C@@H](O)C[C@H](O[C@H]4CC[C@@]5(C)[C@H](CC[C@@H]6[C@@H]5CC[C@]5(C)[C@@](C)(C7=CC(=O)OC7)[C@@H](O)C[C@]65O)C4)O[C@@H]3C)O[C@@H]2C)C[C@H](O)[C@@H]1O. The Morgan fingerprint density at radius 2 is 1.29 bits per heavy atom. The summed E-state index contributed by atoms with van der Waals surface area (Å²) in [6, 6.07) is 0. The second kappa shape index (κ2) is 15.0. The molecule has 4 aliphatic carbocycles. The highest BCUT2D eigenvalue weighted by molar-refractivity contribution is 5.85. The van der Waals surface area contributed by atoms with Crippen LogP contribution in [0.5, 0.6) is 0 Å². The van der Waals surface area contributed by atoms with Crippen molar-refractivity contribution >= 4 is 5.97 Å². The summed E-state index contributed by atoms with van der Waals surface area (Å²) in [5, 5.41) is 66.8. The molecule has 14 heteroatoms. The van der Waals surface area contributed by atoms with Crippen molar-refractivity contribution < 1.29 is 68.6 Å². The summed E-state index contributed by atoms with van der Waals surface area (Å²) in [7, 11) is 0. The fourth-order valence-corrected chi connectivity index (χ4v) is 13.1. The fourth-order valence-electron chi connectivity index (χ4n) is 13.1. The molecule has 0 radical (unpaired) electrons. The van der Waals surface area contributed by atoms with E-state index in [4.69, 9.17) is 33.2 Å². The Balaban J connectivity index is 0.842. The average molecular weight is 795 g/mol. The van der Waals surface area contributed by atoms with E-state index < -0.39 is 96.3 Å². The summed E-state index contributed by atoms with van der Waals surface area (Å²) in [5.74, 6) is 0.404. The monoisotopic (exact) mass is 794 g/mol. The second-order valence-corrected chi connectivity index (χ2v) is 19.4. The molecule has 4 saturated carbocycles. The number of hydrogen-bond acceptors (Lipinski definition) is 14. The van der Waals surface area contributed by atoms with E-state index in [1.807, 2.05) is 13.8 Å². The maximum absolute atomic E-state index is 12.7. The van der Waals surface area contributed by atoms with E-state index in [1.54, 1.807) is 13.8 Å². The van der Waals surface area contributed by atoms with Gasteiger partial charge in [0.2, 0.25) is 0 Å². The first-order chi connectivity index (χ1) is 26.4. The lowest BCUT2D eigenvalue weighted by atomic mass is 9.41. The van der Waals surface area contributed by atoms with Gasteiger partial charge in [-0.2, -0.15) is 0 Å². The summed E-state index contributed by atoms with van der Waals surface area (Å²) in [4.78, 5) is 12.1. The number of carbonyl (C=O) groups excluding carboxylic acids is 1. The first-order valence-corrected chi connectivity index (χ1v) is 21.3. The predicted octanol–water partition coefficient (Wildman–Crippen LogP) is 2.61. The van der Waals surface area contributed by atoms with Gasteiger partial charge in [0.15, 0.2) is 18.9 Å². The highest BCUT2D eigenvalue weighted by atomic mass is 16.7. The van der Waals surface area contributed by atoms with Crippen LogP contribution in [0.15, 0.2) is 11.6 Å². The van der Waals surface area contributed by atoms with E-state index >= 15 is 0 Å². The van der Waals surface area contributed by atoms with E-state index in [0.29, 0.717) is 18.3 Å². The molecule has 0 bridgehead atoms. The third-order valence-corrected chi connectivity index (χ3v) is 16.7. The molecule has 0 aromatic rings. The van der Waals surface area contributed by atoms with Crippen molar-refractivity contribution in [1.82, 2.24) is 0 Å². The maximum Gasteiger partial charge on any atom is 0.331 e. The smallest absolute Gasteiger partial charge is 0.331 e. The van der Waals surface area contributed by atoms with E-state index in [-0.39, 0.29) is 49.3 Å². The van der Waals surface area contributed by atoms with Crippen molar-refractivity contribution in [3.63, 3.8) is 0 Å². The van der Waals surface area contributed by atoms with Crippen molar-refractivity contribution in [1.29, 1.82) is 0 Å². The summed E-state index contributed by atoms with van der Waals surface area (Å²) in [5.41, 5.74) is -1.55. The highest BCUT2D eigenvalue weighted by Gasteiger charge is 2.74. The lowest BCUT2D eigenvalue weighted by Crippen LogP contribution is -2.64. The number of fused-ring (bicyclic) bond motifs is 5. The minimum atomic E-state index is -1.05. The molecule has 8 rings (SSSR count). The van der Waals surface area contributed by atoms with Gasteiger partial charge in [-0.15, -0.1) is 0 Å². The lowest BCUT2D eigenvalue weighted by Gasteiger charge is -2.64. The molecule has 14 nitrogen and oxygen atoms in total. The van der Waals surface area contributed by atoms with Crippen LogP contribution in [0.3, 0.4) is 0 Å². The van der Waals surface area contributed by atoms with Crippen LogP contribution in [0.25, 0.3) is 0 Å². The van der Waals surface area contributed by atoms with Crippen molar-refractivity contribution in [3.8, 4) is 0 Å². The number of rotatable bonds is 7. The predicted molar refractivity (Wildman–Crippen MR) is 197 cm³/mol. The molecular formula is C42H66O14. The molecule has 318 valence electrons. The van der Waals surface area contributed by atoms with Gasteiger partial charge < -0.3 is 63.8 Å². The van der Waals surface area contributed by atoms with Crippen molar-refractivity contribution in [3.05, 3.63) is 11.6 Å². The Morgan fingerprint density at radius 3 is 1.86 bits per heavy atom. The number of carbonyl (C=O) groups is 1. The molecule has 7 fully saturated rings. The Kier molecular flexibility index (Phi) is 11.1. The Morgan fingerprint density at radius 1 is 0.696 bits per heavy atom.